The Morgan fingerprint density at radius 1 is 1.08 bits per heavy atom. The van der Waals surface area contributed by atoms with Gasteiger partial charge in [-0.2, -0.15) is 4.31 Å². The second-order valence-corrected chi connectivity index (χ2v) is 7.94. The molecule has 0 radical (unpaired) electrons. The van der Waals surface area contributed by atoms with Crippen molar-refractivity contribution < 1.29 is 13.2 Å². The maximum atomic E-state index is 12.5. The van der Waals surface area contributed by atoms with Gasteiger partial charge in [-0.1, -0.05) is 26.0 Å². The fraction of sp³-hybridized carbons (Fsp3) is 0.588. The summed E-state index contributed by atoms with van der Waals surface area (Å²) in [5, 5.41) is 3.23. The topological polar surface area (TPSA) is 69.7 Å². The van der Waals surface area contributed by atoms with Gasteiger partial charge < -0.3 is 4.90 Å². The molecule has 1 N–H and O–H groups in total. The van der Waals surface area contributed by atoms with Crippen LogP contribution in [0.3, 0.4) is 0 Å². The van der Waals surface area contributed by atoms with Gasteiger partial charge >= 0.3 is 0 Å². The van der Waals surface area contributed by atoms with Crippen molar-refractivity contribution in [2.45, 2.75) is 44.7 Å². The molecular formula is C17H29N3O3S. The van der Waals surface area contributed by atoms with Crippen LogP contribution in [0.4, 0.5) is 0 Å². The van der Waals surface area contributed by atoms with Crippen molar-refractivity contribution in [3.05, 3.63) is 29.8 Å². The lowest BCUT2D eigenvalue weighted by atomic mass is 10.1. The monoisotopic (exact) mass is 355 g/mol. The van der Waals surface area contributed by atoms with Crippen molar-refractivity contribution >= 4 is 15.9 Å². The molecule has 0 fully saturated rings. The molecule has 1 rings (SSSR count). The van der Waals surface area contributed by atoms with Gasteiger partial charge in [-0.05, 0) is 31.5 Å². The summed E-state index contributed by atoms with van der Waals surface area (Å²) in [7, 11) is 0.00132. The summed E-state index contributed by atoms with van der Waals surface area (Å²) in [6, 6.07) is 6.46. The Balaban J connectivity index is 2.89. The number of sulfonamides is 1. The number of nitrogens with one attached hydrogen (secondary N) is 1. The van der Waals surface area contributed by atoms with Crippen molar-refractivity contribution in [1.82, 2.24) is 14.5 Å². The van der Waals surface area contributed by atoms with Gasteiger partial charge in [0, 0.05) is 33.2 Å². The van der Waals surface area contributed by atoms with Crippen LogP contribution in [0.15, 0.2) is 29.2 Å². The second-order valence-electron chi connectivity index (χ2n) is 6.00. The summed E-state index contributed by atoms with van der Waals surface area (Å²) in [5.41, 5.74) is 0.937. The minimum absolute atomic E-state index is 0.00239. The van der Waals surface area contributed by atoms with Crippen LogP contribution < -0.4 is 5.32 Å². The van der Waals surface area contributed by atoms with Crippen molar-refractivity contribution in [1.29, 1.82) is 0 Å². The largest absolute Gasteiger partial charge is 0.347 e. The lowest BCUT2D eigenvalue weighted by Gasteiger charge is -2.23. The Morgan fingerprint density at radius 2 is 1.58 bits per heavy atom. The summed E-state index contributed by atoms with van der Waals surface area (Å²) >= 11 is 0. The van der Waals surface area contributed by atoms with Gasteiger partial charge in [0.05, 0.1) is 10.9 Å². The van der Waals surface area contributed by atoms with E-state index in [1.165, 1.54) is 4.31 Å². The van der Waals surface area contributed by atoms with E-state index in [1.807, 2.05) is 27.7 Å². The average Bonchev–Trinajstić information content (AvgIpc) is 2.54. The number of nitrogens with zero attached hydrogens (tertiary/aromatic N) is 2. The van der Waals surface area contributed by atoms with Crippen molar-refractivity contribution in [3.8, 4) is 0 Å². The zero-order chi connectivity index (χ0) is 18.5. The second kappa shape index (κ2) is 8.60. The molecule has 0 aliphatic carbocycles. The third-order valence-electron chi connectivity index (χ3n) is 4.03. The summed E-state index contributed by atoms with van der Waals surface area (Å²) in [5.74, 6) is 0.00239. The lowest BCUT2D eigenvalue weighted by molar-refractivity contribution is -0.130. The number of amides is 1. The molecule has 1 aromatic rings. The summed E-state index contributed by atoms with van der Waals surface area (Å²) in [6.45, 7) is 8.31. The predicted octanol–water partition coefficient (Wildman–Crippen LogP) is 1.84. The van der Waals surface area contributed by atoms with E-state index in [0.29, 0.717) is 18.0 Å². The highest BCUT2D eigenvalue weighted by Gasteiger charge is 2.22. The molecule has 7 heteroatoms. The minimum atomic E-state index is -3.44. The first-order chi connectivity index (χ1) is 11.1. The van der Waals surface area contributed by atoms with Crippen LogP contribution in [0.5, 0.6) is 0 Å². The number of likely N-dealkylation sites (N-methyl/N-ethyl adjacent to an activating group) is 1. The van der Waals surface area contributed by atoms with Gasteiger partial charge in [-0.3, -0.25) is 10.1 Å². The molecule has 0 aliphatic heterocycles. The number of hydrogen-bond donors (Lipinski definition) is 1. The van der Waals surface area contributed by atoms with E-state index in [9.17, 15) is 13.2 Å². The van der Waals surface area contributed by atoms with Crippen LogP contribution in [-0.4, -0.2) is 56.8 Å². The van der Waals surface area contributed by atoms with E-state index in [-0.39, 0.29) is 18.0 Å². The molecule has 2 atom stereocenters. The third-order valence-corrected chi connectivity index (χ3v) is 6.10. The smallest absolute Gasteiger partial charge is 0.243 e. The molecule has 0 aliphatic rings. The van der Waals surface area contributed by atoms with E-state index < -0.39 is 10.0 Å². The number of carbonyl (C=O) groups excluding carboxylic acids is 1. The molecule has 0 saturated heterocycles. The first-order valence-electron chi connectivity index (χ1n) is 8.22. The van der Waals surface area contributed by atoms with Crippen molar-refractivity contribution in [2.24, 2.45) is 0 Å². The molecule has 0 aromatic heterocycles. The van der Waals surface area contributed by atoms with E-state index in [0.717, 1.165) is 5.56 Å². The first-order valence-corrected chi connectivity index (χ1v) is 9.66. The van der Waals surface area contributed by atoms with Gasteiger partial charge in [-0.15, -0.1) is 0 Å². The lowest BCUT2D eigenvalue weighted by Crippen LogP contribution is -2.42. The van der Waals surface area contributed by atoms with Crippen LogP contribution in [0.25, 0.3) is 0 Å². The molecule has 6 nitrogen and oxygen atoms in total. The van der Waals surface area contributed by atoms with Gasteiger partial charge in [-0.25, -0.2) is 8.42 Å². The molecule has 0 bridgehead atoms. The maximum Gasteiger partial charge on any atom is 0.243 e. The average molecular weight is 356 g/mol. The van der Waals surface area contributed by atoms with E-state index in [4.69, 9.17) is 0 Å². The van der Waals surface area contributed by atoms with Crippen LogP contribution >= 0.6 is 0 Å². The van der Waals surface area contributed by atoms with Gasteiger partial charge in [0.15, 0.2) is 0 Å². The number of rotatable bonds is 8. The maximum absolute atomic E-state index is 12.5. The van der Waals surface area contributed by atoms with Crippen LogP contribution in [0, 0.1) is 0 Å². The van der Waals surface area contributed by atoms with E-state index in [2.05, 4.69) is 5.32 Å². The molecule has 1 aromatic carbocycles. The standard InChI is InChI=1S/C17H29N3O3S/c1-7-20(8-2)24(22,23)16-11-9-15(10-12-16)13(3)18-14(4)17(21)19(5)6/h9-14,18H,7-8H2,1-6H3/t13-,14+/m1/s1. The Labute approximate surface area is 145 Å². The SMILES string of the molecule is CCN(CC)S(=O)(=O)c1ccc([C@@H](C)N[C@@H](C)C(=O)N(C)C)cc1. The number of carbonyl (C=O) groups is 1. The predicted molar refractivity (Wildman–Crippen MR) is 96.3 cm³/mol. The van der Waals surface area contributed by atoms with Crippen LogP contribution in [-0.2, 0) is 14.8 Å². The molecular weight excluding hydrogens is 326 g/mol. The summed E-state index contributed by atoms with van der Waals surface area (Å²) in [4.78, 5) is 13.8. The van der Waals surface area contributed by atoms with Crippen LogP contribution in [0.1, 0.15) is 39.3 Å². The molecule has 136 valence electrons. The first kappa shape index (κ1) is 20.6. The minimum Gasteiger partial charge on any atom is -0.347 e. The van der Waals surface area contributed by atoms with Crippen LogP contribution in [0.2, 0.25) is 0 Å². The van der Waals surface area contributed by atoms with Crippen molar-refractivity contribution in [2.75, 3.05) is 27.2 Å². The van der Waals surface area contributed by atoms with Gasteiger partial charge in [0.1, 0.15) is 0 Å². The zero-order valence-electron chi connectivity index (χ0n) is 15.4. The highest BCUT2D eigenvalue weighted by atomic mass is 32.2. The Bertz CT molecular complexity index is 638. The summed E-state index contributed by atoms with van der Waals surface area (Å²) in [6.07, 6.45) is 0. The Morgan fingerprint density at radius 3 is 2.00 bits per heavy atom. The molecule has 0 heterocycles. The Hall–Kier alpha value is -1.44. The fourth-order valence-electron chi connectivity index (χ4n) is 2.57. The molecule has 0 saturated carbocycles. The molecule has 0 unspecified atom stereocenters. The zero-order valence-corrected chi connectivity index (χ0v) is 16.2. The third kappa shape index (κ3) is 4.78. The van der Waals surface area contributed by atoms with Crippen molar-refractivity contribution in [3.63, 3.8) is 0 Å². The van der Waals surface area contributed by atoms with Gasteiger partial charge in [0.2, 0.25) is 15.9 Å². The summed E-state index contributed by atoms with van der Waals surface area (Å²) < 4.78 is 26.4. The molecule has 0 spiro atoms. The normalized spacial score (nSPS) is 14.5. The fourth-order valence-corrected chi connectivity index (χ4v) is 4.03. The molecule has 24 heavy (non-hydrogen) atoms. The number of benzene rings is 1. The quantitative estimate of drug-likeness (QED) is 0.772. The Kier molecular flexibility index (Phi) is 7.38. The van der Waals surface area contributed by atoms with E-state index in [1.54, 1.807) is 43.3 Å². The highest BCUT2D eigenvalue weighted by Crippen LogP contribution is 2.19. The number of hydrogen-bond acceptors (Lipinski definition) is 4. The van der Waals surface area contributed by atoms with E-state index >= 15 is 0 Å². The van der Waals surface area contributed by atoms with Gasteiger partial charge in [0.25, 0.3) is 0 Å². The molecule has 1 amide bonds. The highest BCUT2D eigenvalue weighted by molar-refractivity contribution is 7.89.